The fraction of sp³-hybridized carbons (Fsp3) is 0.304. The van der Waals surface area contributed by atoms with E-state index in [0.29, 0.717) is 17.4 Å². The molecule has 0 spiro atoms. The number of allylic oxidation sites excluding steroid dienone is 3. The highest BCUT2D eigenvalue weighted by Gasteiger charge is 2.33. The Morgan fingerprint density at radius 3 is 2.39 bits per heavy atom. The molecule has 0 amide bonds. The molecular formula is C23H27N2O5S+. The minimum Gasteiger partial charge on any atom is -0.478 e. The molecule has 1 aliphatic carbocycles. The minimum absolute atomic E-state index is 0.122. The van der Waals surface area contributed by atoms with Crippen LogP contribution in [0.5, 0.6) is 0 Å². The van der Waals surface area contributed by atoms with Gasteiger partial charge in [-0.15, -0.1) is 11.8 Å². The first-order valence-electron chi connectivity index (χ1n) is 9.78. The van der Waals surface area contributed by atoms with E-state index in [0.717, 1.165) is 25.1 Å². The number of rotatable bonds is 7. The Bertz CT molecular complexity index is 960. The molecule has 0 aromatic heterocycles. The molecule has 8 heteroatoms. The van der Waals surface area contributed by atoms with E-state index in [2.05, 4.69) is 60.0 Å². The summed E-state index contributed by atoms with van der Waals surface area (Å²) < 4.78 is 2.40. The van der Waals surface area contributed by atoms with Gasteiger partial charge in [-0.1, -0.05) is 18.2 Å². The Morgan fingerprint density at radius 2 is 1.81 bits per heavy atom. The average molecular weight is 444 g/mol. The zero-order valence-corrected chi connectivity index (χ0v) is 18.6. The number of Topliss-reactive ketones (excluding diaryl/α,β-unsaturated/α-hetero) is 1. The lowest BCUT2D eigenvalue weighted by Crippen LogP contribution is -2.31. The van der Waals surface area contributed by atoms with Crippen LogP contribution in [0.2, 0.25) is 0 Å². The lowest BCUT2D eigenvalue weighted by molar-refractivity contribution is -0.444. The molecule has 164 valence electrons. The van der Waals surface area contributed by atoms with Crippen LogP contribution in [0.1, 0.15) is 23.7 Å². The summed E-state index contributed by atoms with van der Waals surface area (Å²) in [5, 5.41) is 16.0. The predicted molar refractivity (Wildman–Crippen MR) is 122 cm³/mol. The number of fused-ring (bicyclic) bond motifs is 2. The van der Waals surface area contributed by atoms with Crippen molar-refractivity contribution in [1.29, 1.82) is 0 Å². The number of hydrogen-bond acceptors (Lipinski definition) is 5. The third-order valence-electron chi connectivity index (χ3n) is 4.53. The Labute approximate surface area is 186 Å². The van der Waals surface area contributed by atoms with Gasteiger partial charge in [-0.2, -0.15) is 4.58 Å². The first-order valence-corrected chi connectivity index (χ1v) is 10.7. The van der Waals surface area contributed by atoms with Crippen molar-refractivity contribution in [2.45, 2.75) is 23.5 Å². The molecule has 7 nitrogen and oxygen atoms in total. The van der Waals surface area contributed by atoms with Gasteiger partial charge in [-0.05, 0) is 33.2 Å². The van der Waals surface area contributed by atoms with Gasteiger partial charge in [0.25, 0.3) is 0 Å². The molecule has 0 saturated heterocycles. The number of carbonyl (C=O) groups is 3. The fourth-order valence-corrected chi connectivity index (χ4v) is 4.32. The molecule has 1 atom stereocenters. The van der Waals surface area contributed by atoms with Gasteiger partial charge in [0.1, 0.15) is 5.25 Å². The van der Waals surface area contributed by atoms with E-state index in [4.69, 9.17) is 10.2 Å². The van der Waals surface area contributed by atoms with Crippen molar-refractivity contribution in [3.63, 3.8) is 0 Å². The lowest BCUT2D eigenvalue weighted by Gasteiger charge is -2.23. The quantitative estimate of drug-likeness (QED) is 0.379. The van der Waals surface area contributed by atoms with Crippen LogP contribution in [0.4, 0.5) is 5.69 Å². The van der Waals surface area contributed by atoms with Gasteiger partial charge in [-0.25, -0.2) is 9.59 Å². The van der Waals surface area contributed by atoms with E-state index in [-0.39, 0.29) is 5.78 Å². The molecule has 0 bridgehead atoms. The first kappa shape index (κ1) is 24.3. The maximum absolute atomic E-state index is 11.8. The maximum atomic E-state index is 11.8. The molecule has 0 radical (unpaired) electrons. The SMILES string of the molecule is CC(=O)c1ccc2c(c1)[N+](CCCN(C)C)=C1C=CC=CC1S2.O=C(O)/C=C\C(=O)O. The van der Waals surface area contributed by atoms with Gasteiger partial charge in [0.15, 0.2) is 18.0 Å². The van der Waals surface area contributed by atoms with Crippen LogP contribution in [0.15, 0.2) is 59.6 Å². The topological polar surface area (TPSA) is 97.9 Å². The van der Waals surface area contributed by atoms with E-state index < -0.39 is 11.9 Å². The molecule has 1 heterocycles. The molecule has 1 aliphatic heterocycles. The van der Waals surface area contributed by atoms with E-state index >= 15 is 0 Å². The molecule has 3 rings (SSSR count). The third-order valence-corrected chi connectivity index (χ3v) is 5.78. The van der Waals surface area contributed by atoms with Crippen LogP contribution in [-0.4, -0.2) is 75.6 Å². The zero-order chi connectivity index (χ0) is 23.0. The van der Waals surface area contributed by atoms with Crippen LogP contribution < -0.4 is 0 Å². The molecule has 1 aromatic carbocycles. The third kappa shape index (κ3) is 7.34. The number of benzene rings is 1. The number of carboxylic acids is 2. The lowest BCUT2D eigenvalue weighted by atomic mass is 10.1. The Kier molecular flexibility index (Phi) is 8.96. The molecule has 0 saturated carbocycles. The molecule has 1 unspecified atom stereocenters. The number of nitrogens with zero attached hydrogens (tertiary/aromatic N) is 2. The van der Waals surface area contributed by atoms with Gasteiger partial charge in [0, 0.05) is 42.8 Å². The number of carboxylic acid groups (broad SMARTS) is 2. The van der Waals surface area contributed by atoms with Crippen LogP contribution in [0.3, 0.4) is 0 Å². The smallest absolute Gasteiger partial charge is 0.328 e. The highest BCUT2D eigenvalue weighted by molar-refractivity contribution is 8.01. The molecule has 31 heavy (non-hydrogen) atoms. The maximum Gasteiger partial charge on any atom is 0.328 e. The summed E-state index contributed by atoms with van der Waals surface area (Å²) in [6.45, 7) is 3.66. The summed E-state index contributed by atoms with van der Waals surface area (Å²) in [7, 11) is 4.21. The number of hydrogen-bond donors (Lipinski definition) is 2. The molecular weight excluding hydrogens is 416 g/mol. The fourth-order valence-electron chi connectivity index (χ4n) is 3.12. The van der Waals surface area contributed by atoms with Gasteiger partial charge in [0.2, 0.25) is 5.69 Å². The zero-order valence-electron chi connectivity index (χ0n) is 17.8. The number of ketones is 1. The summed E-state index contributed by atoms with van der Waals surface area (Å²) in [6, 6.07) is 6.09. The van der Waals surface area contributed by atoms with Gasteiger partial charge < -0.3 is 15.1 Å². The monoisotopic (exact) mass is 443 g/mol. The Balaban J connectivity index is 0.000000366. The largest absolute Gasteiger partial charge is 0.478 e. The van der Waals surface area contributed by atoms with Gasteiger partial charge in [0.05, 0.1) is 4.90 Å². The highest BCUT2D eigenvalue weighted by atomic mass is 32.2. The molecule has 2 N–H and O–H groups in total. The van der Waals surface area contributed by atoms with Gasteiger partial charge in [-0.3, -0.25) is 4.79 Å². The summed E-state index contributed by atoms with van der Waals surface area (Å²) in [5.74, 6) is -2.39. The predicted octanol–water partition coefficient (Wildman–Crippen LogP) is 3.24. The summed E-state index contributed by atoms with van der Waals surface area (Å²) in [6.07, 6.45) is 10.9. The van der Waals surface area contributed by atoms with Gasteiger partial charge >= 0.3 is 11.9 Å². The second kappa shape index (κ2) is 11.4. The van der Waals surface area contributed by atoms with E-state index in [1.54, 1.807) is 6.92 Å². The molecule has 2 aliphatic rings. The van der Waals surface area contributed by atoms with E-state index in [1.165, 1.54) is 16.3 Å². The van der Waals surface area contributed by atoms with Crippen molar-refractivity contribution < 1.29 is 29.2 Å². The van der Waals surface area contributed by atoms with Crippen molar-refractivity contribution in [2.75, 3.05) is 27.2 Å². The summed E-state index contributed by atoms with van der Waals surface area (Å²) >= 11 is 1.87. The number of thioether (sulfide) groups is 1. The number of carbonyl (C=O) groups excluding carboxylic acids is 1. The van der Waals surface area contributed by atoms with Crippen molar-refractivity contribution >= 4 is 40.9 Å². The normalized spacial score (nSPS) is 16.6. The van der Waals surface area contributed by atoms with E-state index in [1.807, 2.05) is 17.8 Å². The molecule has 1 aromatic rings. The van der Waals surface area contributed by atoms with Crippen LogP contribution in [0, 0.1) is 0 Å². The van der Waals surface area contributed by atoms with Crippen molar-refractivity contribution in [3.8, 4) is 0 Å². The van der Waals surface area contributed by atoms with Crippen LogP contribution >= 0.6 is 11.8 Å². The van der Waals surface area contributed by atoms with Crippen molar-refractivity contribution in [2.24, 2.45) is 0 Å². The first-order chi connectivity index (χ1) is 14.7. The van der Waals surface area contributed by atoms with Crippen LogP contribution in [-0.2, 0) is 9.59 Å². The standard InChI is InChI=1S/C19H23N2OS.C4H4O4/c1-14(22)15-9-10-19-17(13-15)21(12-6-11-20(2)3)16-7-4-5-8-18(16)23-19;5-3(6)1-2-4(7)8/h4-5,7-10,13,18H,6,11-12H2,1-3H3;1-2H,(H,5,6)(H,7,8)/q+1;/b;2-1-. The number of aliphatic carboxylic acids is 2. The second-order valence-corrected chi connectivity index (χ2v) is 8.45. The summed E-state index contributed by atoms with van der Waals surface area (Å²) in [4.78, 5) is 34.3. The van der Waals surface area contributed by atoms with E-state index in [9.17, 15) is 14.4 Å². The minimum atomic E-state index is -1.26. The summed E-state index contributed by atoms with van der Waals surface area (Å²) in [5.41, 5.74) is 3.29. The van der Waals surface area contributed by atoms with Crippen molar-refractivity contribution in [3.05, 3.63) is 60.2 Å². The average Bonchev–Trinajstić information content (AvgIpc) is 2.71. The Morgan fingerprint density at radius 1 is 1.13 bits per heavy atom. The van der Waals surface area contributed by atoms with Crippen LogP contribution in [0.25, 0.3) is 0 Å². The Hall–Kier alpha value is -2.97. The van der Waals surface area contributed by atoms with Crippen molar-refractivity contribution in [1.82, 2.24) is 4.90 Å². The molecule has 0 fully saturated rings. The second-order valence-electron chi connectivity index (χ2n) is 7.26. The highest BCUT2D eigenvalue weighted by Crippen LogP contribution is 2.39.